The van der Waals surface area contributed by atoms with Gasteiger partial charge in [0.15, 0.2) is 17.5 Å². The van der Waals surface area contributed by atoms with Gasteiger partial charge in [-0.1, -0.05) is 11.6 Å². The van der Waals surface area contributed by atoms with Crippen molar-refractivity contribution in [1.29, 1.82) is 0 Å². The number of carbonyl (C=O) groups is 1. The van der Waals surface area contributed by atoms with E-state index in [0.29, 0.717) is 10.2 Å². The molecule has 0 bridgehead atoms. The zero-order valence-corrected chi connectivity index (χ0v) is 20.0. The number of aliphatic hydroxyl groups excluding tert-OH is 1. The van der Waals surface area contributed by atoms with Crippen LogP contribution < -0.4 is 20.5 Å². The summed E-state index contributed by atoms with van der Waals surface area (Å²) in [5, 5.41) is 16.1. The fourth-order valence-electron chi connectivity index (χ4n) is 3.13. The highest BCUT2D eigenvalue weighted by Crippen LogP contribution is 2.33. The zero-order chi connectivity index (χ0) is 25.2. The number of methoxy groups -OCH3 is 1. The molecule has 0 aliphatic rings. The predicted molar refractivity (Wildman–Crippen MR) is 121 cm³/mol. The molecule has 3 heterocycles. The average Bonchev–Trinajstić information content (AvgIpc) is 3.12. The van der Waals surface area contributed by atoms with Crippen molar-refractivity contribution in [2.24, 2.45) is 0 Å². The predicted octanol–water partition coefficient (Wildman–Crippen LogP) is 2.49. The second-order valence-electron chi connectivity index (χ2n) is 7.42. The number of carbonyl (C=O) groups excluding carboxylic acids is 1. The Labute approximate surface area is 199 Å². The van der Waals surface area contributed by atoms with Crippen molar-refractivity contribution in [1.82, 2.24) is 24.3 Å². The standard InChI is InChI=1S/C21H24ClFN6O5/c1-6-28-14(9-30)27-29(21(28)32)17-13(23)7-12(19(26-17)34-10(2)3)18(31)25-16-11(4)8-24-20(33-5)15(16)22/h7-8,10,30H,6,9H2,1-5H3,(H,24,25,31). The number of amides is 1. The van der Waals surface area contributed by atoms with Crippen LogP contribution in [0.3, 0.4) is 0 Å². The lowest BCUT2D eigenvalue weighted by Gasteiger charge is -2.16. The third kappa shape index (κ3) is 4.73. The second-order valence-corrected chi connectivity index (χ2v) is 7.80. The first kappa shape index (κ1) is 25.1. The quantitative estimate of drug-likeness (QED) is 0.488. The van der Waals surface area contributed by atoms with Crippen LogP contribution >= 0.6 is 11.6 Å². The second kappa shape index (κ2) is 10.2. The van der Waals surface area contributed by atoms with E-state index in [9.17, 15) is 14.7 Å². The van der Waals surface area contributed by atoms with Crippen LogP contribution in [0.5, 0.6) is 11.8 Å². The molecule has 0 aromatic carbocycles. The Morgan fingerprint density at radius 2 is 2.06 bits per heavy atom. The lowest BCUT2D eigenvalue weighted by atomic mass is 10.2. The molecule has 0 radical (unpaired) electrons. The summed E-state index contributed by atoms with van der Waals surface area (Å²) in [5.41, 5.74) is -0.156. The van der Waals surface area contributed by atoms with E-state index in [0.717, 1.165) is 6.07 Å². The van der Waals surface area contributed by atoms with Crippen LogP contribution in [0.15, 0.2) is 17.1 Å². The van der Waals surface area contributed by atoms with Gasteiger partial charge >= 0.3 is 5.69 Å². The molecule has 0 unspecified atom stereocenters. The molecule has 0 saturated heterocycles. The van der Waals surface area contributed by atoms with E-state index >= 15 is 4.39 Å². The van der Waals surface area contributed by atoms with Crippen molar-refractivity contribution >= 4 is 23.2 Å². The SMILES string of the molecule is CCn1c(CO)nn(-c2nc(OC(C)C)c(C(=O)Nc3c(C)cnc(OC)c3Cl)cc2F)c1=O. The number of aliphatic hydroxyl groups is 1. The summed E-state index contributed by atoms with van der Waals surface area (Å²) in [6.07, 6.45) is 1.03. The molecule has 1 amide bonds. The number of anilines is 1. The third-order valence-corrected chi connectivity index (χ3v) is 5.07. The number of hydrogen-bond donors (Lipinski definition) is 2. The summed E-state index contributed by atoms with van der Waals surface area (Å²) in [4.78, 5) is 33.9. The largest absolute Gasteiger partial charge is 0.480 e. The topological polar surface area (TPSA) is 133 Å². The third-order valence-electron chi connectivity index (χ3n) is 4.72. The van der Waals surface area contributed by atoms with E-state index in [2.05, 4.69) is 20.4 Å². The van der Waals surface area contributed by atoms with Gasteiger partial charge in [0.05, 0.1) is 18.9 Å². The Balaban J connectivity index is 2.11. The lowest BCUT2D eigenvalue weighted by molar-refractivity contribution is 0.101. The van der Waals surface area contributed by atoms with E-state index in [1.807, 2.05) is 0 Å². The summed E-state index contributed by atoms with van der Waals surface area (Å²) in [6.45, 7) is 6.44. The van der Waals surface area contributed by atoms with E-state index in [1.54, 1.807) is 27.7 Å². The first-order valence-corrected chi connectivity index (χ1v) is 10.7. The summed E-state index contributed by atoms with van der Waals surface area (Å²) in [5.74, 6) is -2.30. The monoisotopic (exact) mass is 494 g/mol. The summed E-state index contributed by atoms with van der Waals surface area (Å²) < 4.78 is 27.7. The number of hydrogen-bond acceptors (Lipinski definition) is 8. The van der Waals surface area contributed by atoms with Crippen molar-refractivity contribution in [3.8, 4) is 17.6 Å². The molecule has 0 aliphatic heterocycles. The number of nitrogens with one attached hydrogen (secondary N) is 1. The highest BCUT2D eigenvalue weighted by atomic mass is 35.5. The van der Waals surface area contributed by atoms with Gasteiger partial charge in [-0.05, 0) is 39.3 Å². The minimum atomic E-state index is -0.997. The normalized spacial score (nSPS) is 11.1. The highest BCUT2D eigenvalue weighted by molar-refractivity contribution is 6.35. The Kier molecular flexibility index (Phi) is 7.52. The molecule has 11 nitrogen and oxygen atoms in total. The summed E-state index contributed by atoms with van der Waals surface area (Å²) >= 11 is 6.28. The maximum atomic E-state index is 15.1. The molecular formula is C21H24ClFN6O5. The molecule has 0 fully saturated rings. The molecule has 0 atom stereocenters. The lowest BCUT2D eigenvalue weighted by Crippen LogP contribution is -2.26. The fourth-order valence-corrected chi connectivity index (χ4v) is 3.45. The molecule has 3 aromatic heterocycles. The number of pyridine rings is 2. The molecule has 3 aromatic rings. The molecule has 3 rings (SSSR count). The van der Waals surface area contributed by atoms with E-state index in [-0.39, 0.29) is 40.4 Å². The van der Waals surface area contributed by atoms with Crippen LogP contribution in [0.1, 0.15) is 42.5 Å². The number of rotatable bonds is 8. The maximum Gasteiger partial charge on any atom is 0.352 e. The van der Waals surface area contributed by atoms with Gasteiger partial charge in [-0.3, -0.25) is 9.36 Å². The van der Waals surface area contributed by atoms with Crippen LogP contribution in [0, 0.1) is 12.7 Å². The van der Waals surface area contributed by atoms with Crippen molar-refractivity contribution in [3.05, 3.63) is 50.5 Å². The summed E-state index contributed by atoms with van der Waals surface area (Å²) in [6, 6.07) is 0.896. The van der Waals surface area contributed by atoms with E-state index in [4.69, 9.17) is 21.1 Å². The minimum absolute atomic E-state index is 0.0404. The first-order chi connectivity index (χ1) is 16.1. The molecular weight excluding hydrogens is 471 g/mol. The van der Waals surface area contributed by atoms with Crippen molar-refractivity contribution < 1.29 is 23.8 Å². The molecule has 0 spiro atoms. The van der Waals surface area contributed by atoms with Crippen LogP contribution in [0.4, 0.5) is 10.1 Å². The van der Waals surface area contributed by atoms with E-state index in [1.165, 1.54) is 17.9 Å². The van der Waals surface area contributed by atoms with Crippen molar-refractivity contribution in [2.75, 3.05) is 12.4 Å². The van der Waals surface area contributed by atoms with Crippen molar-refractivity contribution in [3.63, 3.8) is 0 Å². The van der Waals surface area contributed by atoms with Gasteiger partial charge in [-0.2, -0.15) is 9.67 Å². The van der Waals surface area contributed by atoms with Gasteiger partial charge in [0.2, 0.25) is 11.8 Å². The van der Waals surface area contributed by atoms with Gasteiger partial charge in [-0.25, -0.2) is 14.2 Å². The number of nitrogens with zero attached hydrogens (tertiary/aromatic N) is 5. The number of halogens is 2. The molecule has 182 valence electrons. The zero-order valence-electron chi connectivity index (χ0n) is 19.2. The molecule has 34 heavy (non-hydrogen) atoms. The van der Waals surface area contributed by atoms with Gasteiger partial charge in [0.25, 0.3) is 5.91 Å². The van der Waals surface area contributed by atoms with Crippen molar-refractivity contribution in [2.45, 2.75) is 47.0 Å². The van der Waals surface area contributed by atoms with E-state index < -0.39 is 35.9 Å². The molecule has 13 heteroatoms. The van der Waals surface area contributed by atoms with Crippen LogP contribution in [0.25, 0.3) is 5.82 Å². The Hall–Kier alpha value is -3.51. The van der Waals surface area contributed by atoms with Crippen LogP contribution in [-0.4, -0.2) is 48.5 Å². The fraction of sp³-hybridized carbons (Fsp3) is 0.381. The van der Waals surface area contributed by atoms with Gasteiger partial charge < -0.3 is 19.9 Å². The molecule has 2 N–H and O–H groups in total. The first-order valence-electron chi connectivity index (χ1n) is 10.3. The van der Waals surface area contributed by atoms with Crippen LogP contribution in [-0.2, 0) is 13.2 Å². The number of aromatic nitrogens is 5. The Morgan fingerprint density at radius 1 is 1.35 bits per heavy atom. The van der Waals surface area contributed by atoms with Gasteiger partial charge in [0, 0.05) is 12.7 Å². The maximum absolute atomic E-state index is 15.1. The van der Waals surface area contributed by atoms with Gasteiger partial charge in [-0.15, -0.1) is 5.10 Å². The van der Waals surface area contributed by atoms with Gasteiger partial charge in [0.1, 0.15) is 17.2 Å². The van der Waals surface area contributed by atoms with Crippen LogP contribution in [0.2, 0.25) is 5.02 Å². The minimum Gasteiger partial charge on any atom is -0.480 e. The molecule has 0 aliphatic carbocycles. The Bertz CT molecular complexity index is 1290. The number of aryl methyl sites for hydroxylation is 1. The molecule has 0 saturated carbocycles. The Morgan fingerprint density at radius 3 is 2.62 bits per heavy atom. The highest BCUT2D eigenvalue weighted by Gasteiger charge is 2.25. The summed E-state index contributed by atoms with van der Waals surface area (Å²) in [7, 11) is 1.38. The smallest absolute Gasteiger partial charge is 0.352 e. The number of ether oxygens (including phenoxy) is 2. The average molecular weight is 495 g/mol.